The van der Waals surface area contributed by atoms with E-state index in [0.717, 1.165) is 59.9 Å². The van der Waals surface area contributed by atoms with Crippen LogP contribution in [0, 0.1) is 0 Å². The maximum Gasteiger partial charge on any atom is 0.416 e. The molecule has 35 heavy (non-hydrogen) atoms. The summed E-state index contributed by atoms with van der Waals surface area (Å²) in [6.07, 6.45) is -0.840. The lowest BCUT2D eigenvalue weighted by Gasteiger charge is -2.32. The summed E-state index contributed by atoms with van der Waals surface area (Å²) >= 11 is 4.65. The topological polar surface area (TPSA) is 53.7 Å². The maximum absolute atomic E-state index is 12.9. The summed E-state index contributed by atoms with van der Waals surface area (Å²) in [5.74, 6) is -0.230. The number of rotatable bonds is 3. The fourth-order valence-electron chi connectivity index (χ4n) is 4.02. The molecule has 1 saturated heterocycles. The molecular formula is C24H21BrF3N5OS. The largest absolute Gasteiger partial charge is 0.416 e. The molecule has 0 radical (unpaired) electrons. The van der Waals surface area contributed by atoms with Gasteiger partial charge >= 0.3 is 6.18 Å². The number of aliphatic imine (C=N–C) groups is 1. The minimum absolute atomic E-state index is 0.230. The monoisotopic (exact) mass is 563 g/mol. The van der Waals surface area contributed by atoms with E-state index >= 15 is 0 Å². The summed E-state index contributed by atoms with van der Waals surface area (Å²) in [6, 6.07) is 9.36. The highest BCUT2D eigenvalue weighted by Crippen LogP contribution is 2.33. The van der Waals surface area contributed by atoms with Crippen molar-refractivity contribution in [1.29, 1.82) is 0 Å². The molecule has 3 aromatic rings. The van der Waals surface area contributed by atoms with Crippen molar-refractivity contribution in [2.75, 3.05) is 33.2 Å². The number of aromatic nitrogens is 2. The Labute approximate surface area is 212 Å². The van der Waals surface area contributed by atoms with Gasteiger partial charge in [-0.2, -0.15) is 23.3 Å². The number of benzene rings is 2. The van der Waals surface area contributed by atoms with Crippen LogP contribution in [0.1, 0.15) is 16.7 Å². The van der Waals surface area contributed by atoms with E-state index in [2.05, 4.69) is 42.9 Å². The number of amidine groups is 1. The van der Waals surface area contributed by atoms with E-state index in [9.17, 15) is 18.0 Å². The van der Waals surface area contributed by atoms with Crippen LogP contribution in [0.4, 0.5) is 13.2 Å². The van der Waals surface area contributed by atoms with Crippen molar-refractivity contribution in [3.05, 3.63) is 68.7 Å². The van der Waals surface area contributed by atoms with Crippen molar-refractivity contribution in [3.8, 4) is 0 Å². The molecule has 2 aromatic carbocycles. The van der Waals surface area contributed by atoms with Crippen LogP contribution in [0.25, 0.3) is 17.0 Å². The van der Waals surface area contributed by atoms with Crippen molar-refractivity contribution in [2.24, 2.45) is 4.99 Å². The first-order valence-electron chi connectivity index (χ1n) is 10.9. The first kappa shape index (κ1) is 24.1. The second-order valence-corrected chi connectivity index (χ2v) is 10.4. The average molecular weight is 564 g/mol. The van der Waals surface area contributed by atoms with Gasteiger partial charge in [0.25, 0.3) is 5.91 Å². The Morgan fingerprint density at radius 2 is 1.89 bits per heavy atom. The number of carbonyl (C=O) groups is 1. The standard InChI is InChI=1S/C24H21BrF3N5OS/c1-31-6-8-32(9-7-31)23-30-22(34)21(35-23)11-15-2-5-20-17(10-15)13-29-33(20)14-16-3-4-18(12-19(16)25)24(26,27)28/h2-5,10-13H,6-9,14H2,1H3/b21-11+. The lowest BCUT2D eigenvalue weighted by atomic mass is 10.1. The van der Waals surface area contributed by atoms with Gasteiger partial charge in [-0.05, 0) is 60.3 Å². The Morgan fingerprint density at radius 3 is 2.60 bits per heavy atom. The summed E-state index contributed by atoms with van der Waals surface area (Å²) in [5.41, 5.74) is 1.70. The quantitative estimate of drug-likeness (QED) is 0.416. The first-order chi connectivity index (χ1) is 16.7. The molecule has 1 aromatic heterocycles. The predicted octanol–water partition coefficient (Wildman–Crippen LogP) is 5.08. The van der Waals surface area contributed by atoms with E-state index in [1.807, 2.05) is 24.3 Å². The second-order valence-electron chi connectivity index (χ2n) is 8.52. The summed E-state index contributed by atoms with van der Waals surface area (Å²) in [7, 11) is 2.08. The van der Waals surface area contributed by atoms with E-state index in [1.54, 1.807) is 10.9 Å². The molecule has 0 atom stereocenters. The molecule has 1 amide bonds. The molecule has 0 spiro atoms. The van der Waals surface area contributed by atoms with Gasteiger partial charge in [-0.3, -0.25) is 9.48 Å². The molecule has 2 aliphatic heterocycles. The number of piperazine rings is 1. The van der Waals surface area contributed by atoms with Gasteiger partial charge in [0.05, 0.1) is 28.7 Å². The number of hydrogen-bond acceptors (Lipinski definition) is 5. The Balaban J connectivity index is 1.32. The summed E-state index contributed by atoms with van der Waals surface area (Å²) in [4.78, 5) is 21.7. The number of fused-ring (bicyclic) bond motifs is 1. The molecule has 0 unspecified atom stereocenters. The Morgan fingerprint density at radius 1 is 1.11 bits per heavy atom. The Kier molecular flexibility index (Phi) is 6.49. The summed E-state index contributed by atoms with van der Waals surface area (Å²) in [6.45, 7) is 3.90. The van der Waals surface area contributed by atoms with E-state index < -0.39 is 11.7 Å². The molecule has 0 saturated carbocycles. The molecule has 6 nitrogen and oxygen atoms in total. The van der Waals surface area contributed by atoms with Crippen LogP contribution >= 0.6 is 27.7 Å². The van der Waals surface area contributed by atoms with Gasteiger partial charge in [-0.15, -0.1) is 0 Å². The molecule has 5 rings (SSSR count). The fraction of sp³-hybridized carbons (Fsp3) is 0.292. The fourth-order valence-corrected chi connectivity index (χ4v) is 5.49. The molecule has 0 aliphatic carbocycles. The summed E-state index contributed by atoms with van der Waals surface area (Å²) in [5, 5.41) is 6.05. The van der Waals surface area contributed by atoms with Gasteiger partial charge < -0.3 is 9.80 Å². The third kappa shape index (κ3) is 5.17. The van der Waals surface area contributed by atoms with Crippen LogP contribution in [0.15, 0.2) is 57.0 Å². The molecule has 182 valence electrons. The van der Waals surface area contributed by atoms with Crippen molar-refractivity contribution < 1.29 is 18.0 Å². The number of hydrogen-bond donors (Lipinski definition) is 0. The number of thioether (sulfide) groups is 1. The molecule has 3 heterocycles. The van der Waals surface area contributed by atoms with E-state index in [1.165, 1.54) is 17.8 Å². The lowest BCUT2D eigenvalue weighted by Crippen LogP contribution is -2.46. The predicted molar refractivity (Wildman–Crippen MR) is 135 cm³/mol. The third-order valence-electron chi connectivity index (χ3n) is 6.05. The molecule has 2 aliphatic rings. The first-order valence-corrected chi connectivity index (χ1v) is 12.6. The lowest BCUT2D eigenvalue weighted by molar-refractivity contribution is -0.137. The van der Waals surface area contributed by atoms with Crippen molar-refractivity contribution >= 4 is 55.7 Å². The van der Waals surface area contributed by atoms with Gasteiger partial charge in [0.15, 0.2) is 5.17 Å². The number of amides is 1. The zero-order chi connectivity index (χ0) is 24.7. The Hall–Kier alpha value is -2.63. The smallest absolute Gasteiger partial charge is 0.348 e. The van der Waals surface area contributed by atoms with Crippen LogP contribution < -0.4 is 0 Å². The highest BCUT2D eigenvalue weighted by atomic mass is 79.9. The minimum Gasteiger partial charge on any atom is -0.348 e. The van der Waals surface area contributed by atoms with Crippen LogP contribution in [-0.2, 0) is 17.5 Å². The zero-order valence-electron chi connectivity index (χ0n) is 18.7. The third-order valence-corrected chi connectivity index (χ3v) is 7.83. The van der Waals surface area contributed by atoms with E-state index in [-0.39, 0.29) is 5.91 Å². The SMILES string of the molecule is CN1CCN(C2=NC(=O)/C(=C\c3ccc4c(cnn4Cc4ccc(C(F)(F)F)cc4Br)c3)S2)CC1. The molecule has 11 heteroatoms. The number of carbonyl (C=O) groups excluding carboxylic acids is 1. The molecular weight excluding hydrogens is 543 g/mol. The van der Waals surface area contributed by atoms with Crippen LogP contribution in [-0.4, -0.2) is 63.9 Å². The number of halogens is 4. The van der Waals surface area contributed by atoms with E-state index in [0.29, 0.717) is 21.5 Å². The maximum atomic E-state index is 12.9. The van der Waals surface area contributed by atoms with Gasteiger partial charge in [0.2, 0.25) is 0 Å². The number of nitrogens with zero attached hydrogens (tertiary/aromatic N) is 5. The zero-order valence-corrected chi connectivity index (χ0v) is 21.1. The average Bonchev–Trinajstić information content (AvgIpc) is 3.38. The molecule has 1 fully saturated rings. The number of alkyl halides is 3. The van der Waals surface area contributed by atoms with Crippen molar-refractivity contribution in [2.45, 2.75) is 12.7 Å². The van der Waals surface area contributed by atoms with Crippen LogP contribution in [0.5, 0.6) is 0 Å². The van der Waals surface area contributed by atoms with Gasteiger partial charge in [-0.1, -0.05) is 28.1 Å². The van der Waals surface area contributed by atoms with Crippen molar-refractivity contribution in [1.82, 2.24) is 19.6 Å². The van der Waals surface area contributed by atoms with Crippen LogP contribution in [0.2, 0.25) is 0 Å². The summed E-state index contributed by atoms with van der Waals surface area (Å²) < 4.78 is 41.0. The second kappa shape index (κ2) is 9.44. The minimum atomic E-state index is -4.39. The normalized spacial score (nSPS) is 18.7. The van der Waals surface area contributed by atoms with E-state index in [4.69, 9.17) is 0 Å². The molecule has 0 bridgehead atoms. The number of likely N-dealkylation sites (N-methyl/N-ethyl adjacent to an activating group) is 1. The highest BCUT2D eigenvalue weighted by Gasteiger charge is 2.31. The van der Waals surface area contributed by atoms with Crippen molar-refractivity contribution in [3.63, 3.8) is 0 Å². The van der Waals surface area contributed by atoms with Gasteiger partial charge in [0, 0.05) is 36.0 Å². The Bertz CT molecular complexity index is 1360. The molecule has 0 N–H and O–H groups in total. The van der Waals surface area contributed by atoms with Gasteiger partial charge in [0.1, 0.15) is 0 Å². The highest BCUT2D eigenvalue weighted by molar-refractivity contribution is 9.10. The van der Waals surface area contributed by atoms with Crippen LogP contribution in [0.3, 0.4) is 0 Å². The van der Waals surface area contributed by atoms with Gasteiger partial charge in [-0.25, -0.2) is 0 Å².